The number of hydrogen-bond acceptors (Lipinski definition) is 5. The molecule has 0 spiro atoms. The predicted molar refractivity (Wildman–Crippen MR) is 102 cm³/mol. The second-order valence-corrected chi connectivity index (χ2v) is 7.00. The lowest BCUT2D eigenvalue weighted by Crippen LogP contribution is -2.09. The van der Waals surface area contributed by atoms with Crippen LogP contribution in [0.4, 0.5) is 5.82 Å². The first-order valence-electron chi connectivity index (χ1n) is 8.18. The topological polar surface area (TPSA) is 55.1 Å². The molecule has 4 aromatic heterocycles. The number of nitrogens with zero attached hydrogens (tertiary/aromatic N) is 4. The third-order valence-corrected chi connectivity index (χ3v) is 5.28. The number of nitrogens with one attached hydrogen (secondary N) is 1. The van der Waals surface area contributed by atoms with Crippen LogP contribution in [0.25, 0.3) is 16.1 Å². The summed E-state index contributed by atoms with van der Waals surface area (Å²) in [6.07, 6.45) is 3.62. The Bertz CT molecular complexity index is 1020. The largest absolute Gasteiger partial charge is 0.366 e. The van der Waals surface area contributed by atoms with Crippen molar-refractivity contribution in [1.29, 1.82) is 0 Å². The molecule has 1 N–H and O–H groups in total. The van der Waals surface area contributed by atoms with Gasteiger partial charge in [-0.25, -0.2) is 4.98 Å². The normalized spacial score (nSPS) is 11.2. The van der Waals surface area contributed by atoms with E-state index in [0.29, 0.717) is 0 Å². The Labute approximate surface area is 150 Å². The third kappa shape index (κ3) is 2.78. The number of anilines is 1. The number of thiophene rings is 1. The molecule has 25 heavy (non-hydrogen) atoms. The van der Waals surface area contributed by atoms with Gasteiger partial charge in [0.25, 0.3) is 0 Å². The summed E-state index contributed by atoms with van der Waals surface area (Å²) in [7, 11) is 0. The molecule has 0 aromatic carbocycles. The van der Waals surface area contributed by atoms with Crippen molar-refractivity contribution >= 4 is 22.8 Å². The number of pyridine rings is 1. The lowest BCUT2D eigenvalue weighted by molar-refractivity contribution is 0.888. The summed E-state index contributed by atoms with van der Waals surface area (Å²) < 4.78 is 1.94. The lowest BCUT2D eigenvalue weighted by Gasteiger charge is -2.13. The standard InChI is InChI=1S/C19H19N5S/c1-12-13(2)22-19-17(16-5-4-10-25-16)14(3)23-24(19)18(12)21-11-15-6-8-20-9-7-15/h4-10,21H,11H2,1-3H3. The summed E-state index contributed by atoms with van der Waals surface area (Å²) in [6, 6.07) is 8.21. The average molecular weight is 349 g/mol. The summed E-state index contributed by atoms with van der Waals surface area (Å²) >= 11 is 1.72. The Balaban J connectivity index is 1.83. The van der Waals surface area contributed by atoms with Crippen LogP contribution >= 0.6 is 11.3 Å². The highest BCUT2D eigenvalue weighted by atomic mass is 32.1. The summed E-state index contributed by atoms with van der Waals surface area (Å²) in [4.78, 5) is 10.1. The van der Waals surface area contributed by atoms with E-state index in [0.717, 1.165) is 40.5 Å². The van der Waals surface area contributed by atoms with E-state index in [4.69, 9.17) is 10.1 Å². The molecule has 0 unspecified atom stereocenters. The number of aromatic nitrogens is 4. The van der Waals surface area contributed by atoms with E-state index in [-0.39, 0.29) is 0 Å². The Morgan fingerprint density at radius 2 is 1.88 bits per heavy atom. The molecule has 0 saturated carbocycles. The van der Waals surface area contributed by atoms with Gasteiger partial charge < -0.3 is 5.32 Å². The summed E-state index contributed by atoms with van der Waals surface area (Å²) in [5.41, 5.74) is 6.32. The first-order chi connectivity index (χ1) is 12.1. The van der Waals surface area contributed by atoms with Crippen LogP contribution in [0.5, 0.6) is 0 Å². The minimum absolute atomic E-state index is 0.717. The quantitative estimate of drug-likeness (QED) is 0.594. The van der Waals surface area contributed by atoms with Crippen LogP contribution in [-0.4, -0.2) is 19.6 Å². The van der Waals surface area contributed by atoms with E-state index in [1.807, 2.05) is 42.9 Å². The maximum absolute atomic E-state index is 4.82. The van der Waals surface area contributed by atoms with Crippen molar-refractivity contribution in [3.05, 3.63) is 64.6 Å². The van der Waals surface area contributed by atoms with Gasteiger partial charge in [-0.05, 0) is 49.9 Å². The van der Waals surface area contributed by atoms with Gasteiger partial charge in [0.15, 0.2) is 5.65 Å². The Morgan fingerprint density at radius 1 is 1.08 bits per heavy atom. The van der Waals surface area contributed by atoms with E-state index in [1.54, 1.807) is 11.3 Å². The predicted octanol–water partition coefficient (Wildman–Crippen LogP) is 4.39. The van der Waals surface area contributed by atoms with Crippen LogP contribution in [0.2, 0.25) is 0 Å². The molecule has 4 rings (SSSR count). The van der Waals surface area contributed by atoms with E-state index in [9.17, 15) is 0 Å². The van der Waals surface area contributed by atoms with Crippen LogP contribution in [0.3, 0.4) is 0 Å². The van der Waals surface area contributed by atoms with E-state index >= 15 is 0 Å². The monoisotopic (exact) mass is 349 g/mol. The molecule has 0 saturated heterocycles. The molecule has 0 aliphatic heterocycles. The molecule has 0 radical (unpaired) electrons. The van der Waals surface area contributed by atoms with Gasteiger partial charge in [0, 0.05) is 35.1 Å². The minimum atomic E-state index is 0.717. The van der Waals surface area contributed by atoms with Gasteiger partial charge in [0.2, 0.25) is 0 Å². The summed E-state index contributed by atoms with van der Waals surface area (Å²) in [5, 5.41) is 10.4. The zero-order valence-electron chi connectivity index (χ0n) is 14.4. The molecule has 4 heterocycles. The Morgan fingerprint density at radius 3 is 2.60 bits per heavy atom. The summed E-state index contributed by atoms with van der Waals surface area (Å²) in [6.45, 7) is 6.89. The molecule has 0 bridgehead atoms. The molecule has 5 nitrogen and oxygen atoms in total. The second kappa shape index (κ2) is 6.29. The van der Waals surface area contributed by atoms with Gasteiger partial charge in [-0.2, -0.15) is 9.61 Å². The molecule has 4 aromatic rings. The number of hydrogen-bond donors (Lipinski definition) is 1. The maximum Gasteiger partial charge on any atom is 0.166 e. The van der Waals surface area contributed by atoms with Crippen molar-refractivity contribution in [3.63, 3.8) is 0 Å². The van der Waals surface area contributed by atoms with Gasteiger partial charge in [-0.15, -0.1) is 11.3 Å². The molecule has 0 fully saturated rings. The Kier molecular flexibility index (Phi) is 3.97. The lowest BCUT2D eigenvalue weighted by atomic mass is 10.2. The Hall–Kier alpha value is -2.73. The fourth-order valence-electron chi connectivity index (χ4n) is 2.95. The van der Waals surface area contributed by atoms with Crippen molar-refractivity contribution < 1.29 is 0 Å². The van der Waals surface area contributed by atoms with Crippen molar-refractivity contribution in [2.45, 2.75) is 27.3 Å². The summed E-state index contributed by atoms with van der Waals surface area (Å²) in [5.74, 6) is 0.991. The van der Waals surface area contributed by atoms with Gasteiger partial charge in [-0.1, -0.05) is 6.07 Å². The third-order valence-electron chi connectivity index (χ3n) is 4.40. The van der Waals surface area contributed by atoms with E-state index in [1.165, 1.54) is 10.4 Å². The highest BCUT2D eigenvalue weighted by molar-refractivity contribution is 7.13. The molecule has 126 valence electrons. The van der Waals surface area contributed by atoms with Gasteiger partial charge in [0.1, 0.15) is 5.82 Å². The molecule has 0 aliphatic carbocycles. The SMILES string of the molecule is Cc1nc2c(-c3cccs3)c(C)nn2c(NCc2ccncc2)c1C. The molecular weight excluding hydrogens is 330 g/mol. The average Bonchev–Trinajstić information content (AvgIpc) is 3.23. The van der Waals surface area contributed by atoms with E-state index in [2.05, 4.69) is 34.7 Å². The highest BCUT2D eigenvalue weighted by Gasteiger charge is 2.18. The van der Waals surface area contributed by atoms with Crippen molar-refractivity contribution in [2.75, 3.05) is 5.32 Å². The smallest absolute Gasteiger partial charge is 0.166 e. The van der Waals surface area contributed by atoms with Crippen molar-refractivity contribution in [1.82, 2.24) is 19.6 Å². The van der Waals surface area contributed by atoms with Crippen LogP contribution < -0.4 is 5.32 Å². The zero-order chi connectivity index (χ0) is 17.4. The van der Waals surface area contributed by atoms with Crippen molar-refractivity contribution in [2.24, 2.45) is 0 Å². The first kappa shape index (κ1) is 15.8. The maximum atomic E-state index is 4.82. The van der Waals surface area contributed by atoms with Crippen LogP contribution in [0.1, 0.15) is 22.5 Å². The van der Waals surface area contributed by atoms with Gasteiger partial charge >= 0.3 is 0 Å². The molecular formula is C19H19N5S. The van der Waals surface area contributed by atoms with E-state index < -0.39 is 0 Å². The number of fused-ring (bicyclic) bond motifs is 1. The molecule has 0 aliphatic rings. The highest BCUT2D eigenvalue weighted by Crippen LogP contribution is 2.33. The molecule has 0 amide bonds. The van der Waals surface area contributed by atoms with Gasteiger partial charge in [0.05, 0.1) is 11.3 Å². The number of rotatable bonds is 4. The van der Waals surface area contributed by atoms with Crippen LogP contribution in [0.15, 0.2) is 42.0 Å². The fourth-order valence-corrected chi connectivity index (χ4v) is 3.77. The fraction of sp³-hybridized carbons (Fsp3) is 0.211. The van der Waals surface area contributed by atoms with Crippen LogP contribution in [-0.2, 0) is 6.54 Å². The minimum Gasteiger partial charge on any atom is -0.366 e. The number of aryl methyl sites for hydroxylation is 2. The zero-order valence-corrected chi connectivity index (χ0v) is 15.3. The second-order valence-electron chi connectivity index (χ2n) is 6.05. The van der Waals surface area contributed by atoms with Gasteiger partial charge in [-0.3, -0.25) is 4.98 Å². The first-order valence-corrected chi connectivity index (χ1v) is 9.06. The van der Waals surface area contributed by atoms with Crippen molar-refractivity contribution in [3.8, 4) is 10.4 Å². The molecule has 0 atom stereocenters. The molecule has 6 heteroatoms. The van der Waals surface area contributed by atoms with Crippen LogP contribution in [0, 0.1) is 20.8 Å².